The van der Waals surface area contributed by atoms with E-state index in [1.807, 2.05) is 25.1 Å². The maximum absolute atomic E-state index is 14.5. The molecule has 0 saturated carbocycles. The van der Waals surface area contributed by atoms with Crippen LogP contribution in [0.1, 0.15) is 36.5 Å². The lowest BCUT2D eigenvalue weighted by Crippen LogP contribution is -2.14. The SMILES string of the molecule is CCOc1cc(F)c(CNc2ccccc2C(=N)c2nc(CC)cc(Nc3ccncc3)n2)c(F)c1. The third kappa shape index (κ3) is 5.80. The first-order chi connectivity index (χ1) is 17.5. The van der Waals surface area contributed by atoms with Gasteiger partial charge in [-0.3, -0.25) is 10.4 Å². The highest BCUT2D eigenvalue weighted by Gasteiger charge is 2.17. The number of hydrogen-bond donors (Lipinski definition) is 3. The zero-order valence-corrected chi connectivity index (χ0v) is 20.0. The van der Waals surface area contributed by atoms with E-state index in [4.69, 9.17) is 10.1 Å². The summed E-state index contributed by atoms with van der Waals surface area (Å²) in [5, 5.41) is 15.1. The van der Waals surface area contributed by atoms with E-state index in [1.54, 1.807) is 43.6 Å². The first kappa shape index (κ1) is 24.7. The van der Waals surface area contributed by atoms with Crippen molar-refractivity contribution in [1.82, 2.24) is 15.0 Å². The third-order valence-electron chi connectivity index (χ3n) is 5.40. The van der Waals surface area contributed by atoms with Gasteiger partial charge in [0.15, 0.2) is 5.82 Å². The molecule has 2 aromatic carbocycles. The molecule has 36 heavy (non-hydrogen) atoms. The molecule has 0 bridgehead atoms. The molecule has 0 aliphatic rings. The van der Waals surface area contributed by atoms with Crippen molar-refractivity contribution in [2.75, 3.05) is 17.2 Å². The highest BCUT2D eigenvalue weighted by atomic mass is 19.1. The van der Waals surface area contributed by atoms with Gasteiger partial charge < -0.3 is 15.4 Å². The van der Waals surface area contributed by atoms with Gasteiger partial charge in [-0.2, -0.15) is 0 Å². The molecule has 0 saturated heterocycles. The predicted octanol–water partition coefficient (Wildman–Crippen LogP) is 5.88. The molecule has 9 heteroatoms. The van der Waals surface area contributed by atoms with Crippen LogP contribution in [-0.2, 0) is 13.0 Å². The van der Waals surface area contributed by atoms with E-state index in [1.165, 1.54) is 12.1 Å². The van der Waals surface area contributed by atoms with Crippen LogP contribution >= 0.6 is 0 Å². The number of halogens is 2. The summed E-state index contributed by atoms with van der Waals surface area (Å²) in [6.45, 7) is 3.92. The Morgan fingerprint density at radius 1 is 0.972 bits per heavy atom. The second-order valence-corrected chi connectivity index (χ2v) is 7.86. The number of nitrogens with zero attached hydrogens (tertiary/aromatic N) is 3. The number of rotatable bonds is 10. The summed E-state index contributed by atoms with van der Waals surface area (Å²) in [5.74, 6) is -0.480. The minimum Gasteiger partial charge on any atom is -0.494 e. The number of pyridine rings is 1. The Balaban J connectivity index is 1.59. The van der Waals surface area contributed by atoms with Crippen molar-refractivity contribution in [1.29, 1.82) is 5.41 Å². The predicted molar refractivity (Wildman–Crippen MR) is 136 cm³/mol. The van der Waals surface area contributed by atoms with Crippen LogP contribution < -0.4 is 15.4 Å². The lowest BCUT2D eigenvalue weighted by atomic mass is 10.1. The normalized spacial score (nSPS) is 10.7. The lowest BCUT2D eigenvalue weighted by molar-refractivity contribution is 0.335. The van der Waals surface area contributed by atoms with E-state index in [9.17, 15) is 8.78 Å². The van der Waals surface area contributed by atoms with Crippen molar-refractivity contribution >= 4 is 22.9 Å². The molecule has 0 aliphatic heterocycles. The zero-order valence-electron chi connectivity index (χ0n) is 20.0. The fourth-order valence-electron chi connectivity index (χ4n) is 3.60. The second-order valence-electron chi connectivity index (χ2n) is 7.86. The Kier molecular flexibility index (Phi) is 7.79. The van der Waals surface area contributed by atoms with Crippen LogP contribution in [0.15, 0.2) is 67.0 Å². The monoisotopic (exact) mass is 488 g/mol. The Labute approximate surface area is 208 Å². The number of para-hydroxylation sites is 1. The molecule has 0 fully saturated rings. The molecule has 2 aromatic heterocycles. The van der Waals surface area contributed by atoms with E-state index >= 15 is 0 Å². The quantitative estimate of drug-likeness (QED) is 0.241. The van der Waals surface area contributed by atoms with Gasteiger partial charge in [-0.15, -0.1) is 0 Å². The minimum absolute atomic E-state index is 0.0822. The molecule has 3 N–H and O–H groups in total. The molecule has 0 atom stereocenters. The van der Waals surface area contributed by atoms with E-state index in [0.29, 0.717) is 30.1 Å². The van der Waals surface area contributed by atoms with Gasteiger partial charge >= 0.3 is 0 Å². The average Bonchev–Trinajstić information content (AvgIpc) is 2.88. The highest BCUT2D eigenvalue weighted by molar-refractivity contribution is 6.12. The molecule has 7 nitrogen and oxygen atoms in total. The zero-order chi connectivity index (χ0) is 25.5. The van der Waals surface area contributed by atoms with Gasteiger partial charge in [-0.05, 0) is 31.5 Å². The van der Waals surface area contributed by atoms with Crippen LogP contribution in [0.4, 0.5) is 26.0 Å². The largest absolute Gasteiger partial charge is 0.494 e. The number of hydrogen-bond acceptors (Lipinski definition) is 7. The van der Waals surface area contributed by atoms with E-state index in [-0.39, 0.29) is 29.4 Å². The van der Waals surface area contributed by atoms with Gasteiger partial charge in [0.1, 0.15) is 28.9 Å². The number of aryl methyl sites for hydroxylation is 1. The van der Waals surface area contributed by atoms with Crippen LogP contribution in [0.5, 0.6) is 5.75 Å². The smallest absolute Gasteiger partial charge is 0.180 e. The van der Waals surface area contributed by atoms with Crippen LogP contribution in [0, 0.1) is 17.0 Å². The molecule has 2 heterocycles. The number of ether oxygens (including phenoxy) is 1. The molecule has 0 unspecified atom stereocenters. The third-order valence-corrected chi connectivity index (χ3v) is 5.40. The molecule has 184 valence electrons. The van der Waals surface area contributed by atoms with E-state index < -0.39 is 11.6 Å². The fraction of sp³-hybridized carbons (Fsp3) is 0.185. The number of anilines is 3. The highest BCUT2D eigenvalue weighted by Crippen LogP contribution is 2.24. The van der Waals surface area contributed by atoms with Crippen LogP contribution in [-0.4, -0.2) is 27.3 Å². The summed E-state index contributed by atoms with van der Waals surface area (Å²) >= 11 is 0. The molecule has 0 amide bonds. The molecule has 4 aromatic rings. The number of nitrogens with one attached hydrogen (secondary N) is 3. The maximum atomic E-state index is 14.5. The summed E-state index contributed by atoms with van der Waals surface area (Å²) < 4.78 is 34.3. The van der Waals surface area contributed by atoms with Gasteiger partial charge in [0.25, 0.3) is 0 Å². The Morgan fingerprint density at radius 3 is 2.39 bits per heavy atom. The molecule has 4 rings (SSSR count). The van der Waals surface area contributed by atoms with Crippen molar-refractivity contribution in [3.8, 4) is 5.75 Å². The van der Waals surface area contributed by atoms with Gasteiger partial charge in [0.2, 0.25) is 0 Å². The molecular weight excluding hydrogens is 462 g/mol. The summed E-state index contributed by atoms with van der Waals surface area (Å²) in [4.78, 5) is 13.1. The molecule has 0 aliphatic carbocycles. The van der Waals surface area contributed by atoms with Crippen molar-refractivity contribution in [3.05, 3.63) is 101 Å². The van der Waals surface area contributed by atoms with E-state index in [0.717, 1.165) is 11.4 Å². The van der Waals surface area contributed by atoms with Gasteiger partial charge in [-0.1, -0.05) is 25.1 Å². The standard InChI is InChI=1S/C27H26F2N6O/c1-3-17-13-25(33-18-9-11-31-12-10-18)35-27(34-17)26(30)20-7-5-6-8-24(20)32-16-21-22(28)14-19(36-4-2)15-23(21)29/h5-15,30,32H,3-4,16H2,1-2H3,(H,31,33,34,35). The van der Waals surface area contributed by atoms with Gasteiger partial charge in [0.05, 0.1) is 6.61 Å². The van der Waals surface area contributed by atoms with Crippen molar-refractivity contribution in [2.24, 2.45) is 0 Å². The molecule has 0 spiro atoms. The lowest BCUT2D eigenvalue weighted by Gasteiger charge is -2.15. The van der Waals surface area contributed by atoms with E-state index in [2.05, 4.69) is 25.6 Å². The first-order valence-corrected chi connectivity index (χ1v) is 11.6. The van der Waals surface area contributed by atoms with Crippen LogP contribution in [0.25, 0.3) is 0 Å². The van der Waals surface area contributed by atoms with Crippen LogP contribution in [0.3, 0.4) is 0 Å². The van der Waals surface area contributed by atoms with Gasteiger partial charge in [0, 0.05) is 65.3 Å². The second kappa shape index (κ2) is 11.4. The summed E-state index contributed by atoms with van der Waals surface area (Å²) in [6.07, 6.45) is 4.00. The Morgan fingerprint density at radius 2 is 1.69 bits per heavy atom. The first-order valence-electron chi connectivity index (χ1n) is 11.6. The summed E-state index contributed by atoms with van der Waals surface area (Å²) in [7, 11) is 0. The fourth-order valence-corrected chi connectivity index (χ4v) is 3.60. The Hall–Kier alpha value is -4.40. The van der Waals surface area contributed by atoms with Crippen molar-refractivity contribution in [3.63, 3.8) is 0 Å². The van der Waals surface area contributed by atoms with Crippen molar-refractivity contribution < 1.29 is 13.5 Å². The average molecular weight is 489 g/mol. The maximum Gasteiger partial charge on any atom is 0.180 e. The molecular formula is C27H26F2N6O. The molecule has 0 radical (unpaired) electrons. The number of aromatic nitrogens is 3. The number of benzene rings is 2. The summed E-state index contributed by atoms with van der Waals surface area (Å²) in [6, 6.07) is 14.9. The van der Waals surface area contributed by atoms with Crippen molar-refractivity contribution in [2.45, 2.75) is 26.8 Å². The topological polar surface area (TPSA) is 95.8 Å². The van der Waals surface area contributed by atoms with Crippen LogP contribution in [0.2, 0.25) is 0 Å². The minimum atomic E-state index is -0.704. The summed E-state index contributed by atoms with van der Waals surface area (Å²) in [5.41, 5.74) is 2.58. The Bertz CT molecular complexity index is 1340. The van der Waals surface area contributed by atoms with Gasteiger partial charge in [-0.25, -0.2) is 18.7 Å².